The monoisotopic (exact) mass is 411 g/mol. The minimum Gasteiger partial charge on any atom is -0.369 e. The van der Waals surface area contributed by atoms with Gasteiger partial charge >= 0.3 is 6.18 Å². The van der Waals surface area contributed by atoms with E-state index in [-0.39, 0.29) is 5.92 Å². The molecule has 0 saturated carbocycles. The van der Waals surface area contributed by atoms with E-state index in [0.29, 0.717) is 25.7 Å². The van der Waals surface area contributed by atoms with Crippen LogP contribution in [0.3, 0.4) is 0 Å². The molecule has 0 aromatic heterocycles. The van der Waals surface area contributed by atoms with Gasteiger partial charge in [0.15, 0.2) is 5.96 Å². The van der Waals surface area contributed by atoms with Crippen LogP contribution in [-0.4, -0.2) is 68.9 Å². The first-order valence-corrected chi connectivity index (χ1v) is 10.5. The van der Waals surface area contributed by atoms with Gasteiger partial charge in [0.1, 0.15) is 0 Å². The summed E-state index contributed by atoms with van der Waals surface area (Å²) in [4.78, 5) is 8.52. The summed E-state index contributed by atoms with van der Waals surface area (Å²) in [7, 11) is 0. The summed E-state index contributed by atoms with van der Waals surface area (Å²) in [5, 5.41) is 6.78. The van der Waals surface area contributed by atoms with Gasteiger partial charge in [0, 0.05) is 44.5 Å². The molecule has 0 spiro atoms. The Kier molecular flexibility index (Phi) is 7.27. The second kappa shape index (κ2) is 9.69. The third-order valence-electron chi connectivity index (χ3n) is 5.55. The second-order valence-corrected chi connectivity index (χ2v) is 8.14. The maximum atomic E-state index is 12.6. The smallest absolute Gasteiger partial charge is 0.369 e. The van der Waals surface area contributed by atoms with Crippen LogP contribution < -0.4 is 15.5 Å². The number of alkyl halides is 3. The summed E-state index contributed by atoms with van der Waals surface area (Å²) in [6, 6.07) is 8.88. The number of likely N-dealkylation sites (tertiary alicyclic amines) is 1. The molecule has 1 aromatic rings. The van der Waals surface area contributed by atoms with Gasteiger partial charge in [-0.2, -0.15) is 13.2 Å². The lowest BCUT2D eigenvalue weighted by Crippen LogP contribution is -2.45. The van der Waals surface area contributed by atoms with Crippen LogP contribution in [0.25, 0.3) is 0 Å². The summed E-state index contributed by atoms with van der Waals surface area (Å²) in [6.07, 6.45) is -2.33. The van der Waals surface area contributed by atoms with Crippen molar-refractivity contribution in [3.8, 4) is 0 Å². The van der Waals surface area contributed by atoms with Crippen molar-refractivity contribution in [3.05, 3.63) is 29.8 Å². The van der Waals surface area contributed by atoms with E-state index in [1.165, 1.54) is 16.2 Å². The van der Waals surface area contributed by atoms with Crippen LogP contribution in [0.5, 0.6) is 0 Å². The Morgan fingerprint density at radius 1 is 1.14 bits per heavy atom. The molecule has 2 aliphatic rings. The van der Waals surface area contributed by atoms with Crippen molar-refractivity contribution in [1.82, 2.24) is 15.5 Å². The summed E-state index contributed by atoms with van der Waals surface area (Å²) in [6.45, 7) is 7.47. The van der Waals surface area contributed by atoms with E-state index in [1.54, 1.807) is 0 Å². The Bertz CT molecular complexity index is 674. The van der Waals surface area contributed by atoms with Gasteiger partial charge in [-0.05, 0) is 51.3 Å². The number of aryl methyl sites for hydroxylation is 1. The summed E-state index contributed by atoms with van der Waals surface area (Å²) >= 11 is 0. The molecule has 162 valence electrons. The molecular formula is C21H32F3N5. The number of anilines is 1. The highest BCUT2D eigenvalue weighted by Crippen LogP contribution is 2.23. The lowest BCUT2D eigenvalue weighted by atomic mass is 10.1. The lowest BCUT2D eigenvalue weighted by molar-refractivity contribution is -0.143. The van der Waals surface area contributed by atoms with Crippen LogP contribution in [0.4, 0.5) is 18.9 Å². The molecule has 5 nitrogen and oxygen atoms in total. The number of nitrogens with zero attached hydrogens (tertiary/aromatic N) is 3. The third kappa shape index (κ3) is 6.80. The number of benzene rings is 1. The first-order chi connectivity index (χ1) is 13.8. The molecule has 0 radical (unpaired) electrons. The molecule has 2 N–H and O–H groups in total. The van der Waals surface area contributed by atoms with Crippen molar-refractivity contribution in [2.45, 2.75) is 38.9 Å². The molecule has 2 atom stereocenters. The molecule has 8 heteroatoms. The minimum absolute atomic E-state index is 0.181. The average Bonchev–Trinajstić information content (AvgIpc) is 3.29. The van der Waals surface area contributed by atoms with E-state index in [1.807, 2.05) is 6.92 Å². The van der Waals surface area contributed by atoms with Crippen LogP contribution in [0, 0.1) is 12.8 Å². The van der Waals surface area contributed by atoms with Crippen molar-refractivity contribution < 1.29 is 13.2 Å². The highest BCUT2D eigenvalue weighted by atomic mass is 19.4. The summed E-state index contributed by atoms with van der Waals surface area (Å²) < 4.78 is 37.7. The van der Waals surface area contributed by atoms with Crippen molar-refractivity contribution in [3.63, 3.8) is 0 Å². The minimum atomic E-state index is -4.12. The molecule has 0 bridgehead atoms. The number of nitrogens with one attached hydrogen (secondary N) is 2. The zero-order chi connectivity index (χ0) is 20.9. The Morgan fingerprint density at radius 3 is 2.59 bits per heavy atom. The predicted molar refractivity (Wildman–Crippen MR) is 112 cm³/mol. The van der Waals surface area contributed by atoms with Gasteiger partial charge in [0.2, 0.25) is 0 Å². The number of hydrogen-bond acceptors (Lipinski definition) is 3. The number of aliphatic imine (C=N–C) groups is 1. The van der Waals surface area contributed by atoms with Gasteiger partial charge < -0.3 is 15.5 Å². The normalized spacial score (nSPS) is 23.6. The third-order valence-corrected chi connectivity index (χ3v) is 5.55. The van der Waals surface area contributed by atoms with Crippen LogP contribution in [0.15, 0.2) is 29.3 Å². The molecule has 0 aliphatic carbocycles. The van der Waals surface area contributed by atoms with Crippen molar-refractivity contribution >= 4 is 11.6 Å². The molecule has 2 heterocycles. The second-order valence-electron chi connectivity index (χ2n) is 8.14. The number of halogens is 3. The van der Waals surface area contributed by atoms with Crippen LogP contribution in [0.1, 0.15) is 25.3 Å². The van der Waals surface area contributed by atoms with Crippen LogP contribution in [-0.2, 0) is 0 Å². The molecule has 0 amide bonds. The molecule has 2 unspecified atom stereocenters. The average molecular weight is 412 g/mol. The van der Waals surface area contributed by atoms with Crippen LogP contribution in [0.2, 0.25) is 0 Å². The van der Waals surface area contributed by atoms with E-state index in [2.05, 4.69) is 51.7 Å². The summed E-state index contributed by atoms with van der Waals surface area (Å²) in [5.41, 5.74) is 2.49. The Morgan fingerprint density at radius 2 is 1.90 bits per heavy atom. The predicted octanol–water partition coefficient (Wildman–Crippen LogP) is 3.01. The van der Waals surface area contributed by atoms with Crippen molar-refractivity contribution in [2.75, 3.05) is 50.7 Å². The Labute approximate surface area is 171 Å². The molecular weight excluding hydrogens is 379 g/mol. The van der Waals surface area contributed by atoms with Crippen LogP contribution >= 0.6 is 0 Å². The molecule has 2 aliphatic heterocycles. The van der Waals surface area contributed by atoms with Gasteiger partial charge in [-0.15, -0.1) is 0 Å². The van der Waals surface area contributed by atoms with Crippen molar-refractivity contribution in [1.29, 1.82) is 0 Å². The first-order valence-electron chi connectivity index (χ1n) is 10.5. The van der Waals surface area contributed by atoms with E-state index < -0.39 is 12.7 Å². The quantitative estimate of drug-likeness (QED) is 0.558. The number of rotatable bonds is 6. The van der Waals surface area contributed by atoms with Gasteiger partial charge in [-0.25, -0.2) is 0 Å². The van der Waals surface area contributed by atoms with E-state index in [9.17, 15) is 13.2 Å². The first kappa shape index (κ1) is 21.7. The molecule has 1 aromatic carbocycles. The molecule has 2 saturated heterocycles. The van der Waals surface area contributed by atoms with Gasteiger partial charge in [0.25, 0.3) is 0 Å². The van der Waals surface area contributed by atoms with Crippen molar-refractivity contribution in [2.24, 2.45) is 10.9 Å². The standard InChI is InChI=1S/C21H32F3N5/c1-3-25-20(26-12-17-8-10-28(13-17)15-21(22,23)24)27-18-9-11-29(14-18)19-6-4-16(2)5-7-19/h4-7,17-18H,3,8-15H2,1-2H3,(H2,25,26,27). The van der Waals surface area contributed by atoms with Gasteiger partial charge in [0.05, 0.1) is 6.54 Å². The summed E-state index contributed by atoms with van der Waals surface area (Å²) in [5.74, 6) is 0.943. The number of guanidine groups is 1. The van der Waals surface area contributed by atoms with E-state index >= 15 is 0 Å². The zero-order valence-electron chi connectivity index (χ0n) is 17.3. The van der Waals surface area contributed by atoms with Gasteiger partial charge in [-0.1, -0.05) is 17.7 Å². The number of hydrogen-bond donors (Lipinski definition) is 2. The zero-order valence-corrected chi connectivity index (χ0v) is 17.3. The molecule has 29 heavy (non-hydrogen) atoms. The fraction of sp³-hybridized carbons (Fsp3) is 0.667. The maximum Gasteiger partial charge on any atom is 0.401 e. The topological polar surface area (TPSA) is 42.9 Å². The lowest BCUT2D eigenvalue weighted by Gasteiger charge is -2.21. The fourth-order valence-electron chi connectivity index (χ4n) is 4.06. The fourth-order valence-corrected chi connectivity index (χ4v) is 4.06. The maximum absolute atomic E-state index is 12.6. The highest BCUT2D eigenvalue weighted by molar-refractivity contribution is 5.80. The SMILES string of the molecule is CCNC(=NCC1CCN(CC(F)(F)F)C1)NC1CCN(c2ccc(C)cc2)C1. The van der Waals surface area contributed by atoms with E-state index in [4.69, 9.17) is 0 Å². The van der Waals surface area contributed by atoms with E-state index in [0.717, 1.165) is 38.4 Å². The Hall–Kier alpha value is -1.96. The molecule has 2 fully saturated rings. The highest BCUT2D eigenvalue weighted by Gasteiger charge is 2.34. The Balaban J connectivity index is 1.49. The largest absolute Gasteiger partial charge is 0.401 e. The van der Waals surface area contributed by atoms with Gasteiger partial charge in [-0.3, -0.25) is 9.89 Å². The molecule has 3 rings (SSSR count).